The van der Waals surface area contributed by atoms with Crippen LogP contribution in [0.25, 0.3) is 0 Å². The second-order valence-electron chi connectivity index (χ2n) is 5.86. The molecule has 2 nitrogen and oxygen atoms in total. The van der Waals surface area contributed by atoms with Crippen molar-refractivity contribution in [1.29, 1.82) is 0 Å². The van der Waals surface area contributed by atoms with E-state index in [1.807, 2.05) is 6.07 Å². The number of rotatable bonds is 4. The van der Waals surface area contributed by atoms with E-state index in [-0.39, 0.29) is 17.3 Å². The summed E-state index contributed by atoms with van der Waals surface area (Å²) in [6, 6.07) is 4.91. The van der Waals surface area contributed by atoms with Crippen LogP contribution in [0.1, 0.15) is 24.8 Å². The van der Waals surface area contributed by atoms with Crippen LogP contribution in [0.3, 0.4) is 0 Å². The van der Waals surface area contributed by atoms with E-state index in [0.29, 0.717) is 12.5 Å². The Bertz CT molecular complexity index is 477. The fraction of sp³-hybridized carbons (Fsp3) is 0.600. The molecule has 2 aliphatic rings. The topological polar surface area (TPSA) is 35.2 Å². The summed E-state index contributed by atoms with van der Waals surface area (Å²) in [6.07, 6.45) is 4.68. The number of hydrogen-bond acceptors (Lipinski definition) is 2. The van der Waals surface area contributed by atoms with Crippen molar-refractivity contribution in [3.05, 3.63) is 34.1 Å². The van der Waals surface area contributed by atoms with E-state index in [1.54, 1.807) is 0 Å². The predicted molar refractivity (Wildman–Crippen MR) is 76.4 cm³/mol. The van der Waals surface area contributed by atoms with Crippen molar-refractivity contribution in [1.82, 2.24) is 0 Å². The van der Waals surface area contributed by atoms with Gasteiger partial charge in [-0.25, -0.2) is 4.39 Å². The monoisotopic (exact) mass is 327 g/mol. The van der Waals surface area contributed by atoms with E-state index in [4.69, 9.17) is 10.5 Å². The molecule has 2 N–H and O–H groups in total. The van der Waals surface area contributed by atoms with E-state index in [1.165, 1.54) is 25.0 Å². The van der Waals surface area contributed by atoms with Crippen LogP contribution in [0, 0.1) is 17.2 Å². The first-order chi connectivity index (χ1) is 9.14. The lowest BCUT2D eigenvalue weighted by atomic mass is 9.74. The molecule has 0 aromatic heterocycles. The fourth-order valence-corrected chi connectivity index (χ4v) is 3.76. The smallest absolute Gasteiger partial charge is 0.124 e. The van der Waals surface area contributed by atoms with Gasteiger partial charge < -0.3 is 10.5 Å². The second-order valence-corrected chi connectivity index (χ2v) is 6.71. The van der Waals surface area contributed by atoms with Crippen molar-refractivity contribution in [2.24, 2.45) is 17.1 Å². The third-order valence-corrected chi connectivity index (χ3v) is 5.25. The lowest BCUT2D eigenvalue weighted by molar-refractivity contribution is 0.0344. The van der Waals surface area contributed by atoms with Crippen molar-refractivity contribution in [2.45, 2.75) is 31.8 Å². The molecule has 2 fully saturated rings. The molecule has 0 spiro atoms. The fourth-order valence-electron chi connectivity index (χ4n) is 3.27. The van der Waals surface area contributed by atoms with Crippen molar-refractivity contribution in [2.75, 3.05) is 13.2 Å². The zero-order chi connectivity index (χ0) is 13.5. The number of benzene rings is 1. The standard InChI is InChI=1S/C15H19BrFNO/c16-13-7-12(17)4-3-11(13)8-15(9-18)5-6-19-14(15)10-1-2-10/h3-4,7,10,14H,1-2,5-6,8-9,18H2. The normalized spacial score (nSPS) is 30.8. The average molecular weight is 328 g/mol. The largest absolute Gasteiger partial charge is 0.377 e. The van der Waals surface area contributed by atoms with Gasteiger partial charge in [0.25, 0.3) is 0 Å². The summed E-state index contributed by atoms with van der Waals surface area (Å²) in [5, 5.41) is 0. The molecule has 0 radical (unpaired) electrons. The highest BCUT2D eigenvalue weighted by Gasteiger charge is 2.50. The Kier molecular flexibility index (Phi) is 3.67. The van der Waals surface area contributed by atoms with Crippen molar-refractivity contribution >= 4 is 15.9 Å². The first kappa shape index (κ1) is 13.5. The first-order valence-electron chi connectivity index (χ1n) is 6.90. The van der Waals surface area contributed by atoms with Gasteiger partial charge in [-0.2, -0.15) is 0 Å². The van der Waals surface area contributed by atoms with Crippen LogP contribution in [0.2, 0.25) is 0 Å². The van der Waals surface area contributed by atoms with E-state index in [2.05, 4.69) is 15.9 Å². The molecule has 19 heavy (non-hydrogen) atoms. The average Bonchev–Trinajstić information content (AvgIpc) is 3.15. The molecule has 1 aromatic rings. The molecule has 0 bridgehead atoms. The van der Waals surface area contributed by atoms with Crippen LogP contribution < -0.4 is 5.73 Å². The maximum atomic E-state index is 13.2. The van der Waals surface area contributed by atoms with Gasteiger partial charge in [0.05, 0.1) is 6.10 Å². The molecule has 3 rings (SSSR count). The Labute approximate surface area is 121 Å². The lowest BCUT2D eigenvalue weighted by Crippen LogP contribution is -2.41. The van der Waals surface area contributed by atoms with Gasteiger partial charge in [-0.15, -0.1) is 0 Å². The number of halogens is 2. The summed E-state index contributed by atoms with van der Waals surface area (Å²) in [5.41, 5.74) is 7.24. The molecule has 1 heterocycles. The van der Waals surface area contributed by atoms with Crippen LogP contribution >= 0.6 is 15.9 Å². The highest BCUT2D eigenvalue weighted by atomic mass is 79.9. The molecule has 2 atom stereocenters. The minimum absolute atomic E-state index is 0.0293. The summed E-state index contributed by atoms with van der Waals surface area (Å²) in [5.74, 6) is 0.476. The molecule has 2 unspecified atom stereocenters. The van der Waals surface area contributed by atoms with Gasteiger partial charge in [-0.05, 0) is 49.3 Å². The van der Waals surface area contributed by atoms with Crippen LogP contribution in [0.5, 0.6) is 0 Å². The van der Waals surface area contributed by atoms with Gasteiger partial charge in [0.15, 0.2) is 0 Å². The highest BCUT2D eigenvalue weighted by Crippen LogP contribution is 2.49. The predicted octanol–water partition coefficient (Wildman–Crippen LogP) is 3.27. The summed E-state index contributed by atoms with van der Waals surface area (Å²) >= 11 is 3.46. The SMILES string of the molecule is NCC1(Cc2ccc(F)cc2Br)CCOC1C1CC1. The summed E-state index contributed by atoms with van der Waals surface area (Å²) in [4.78, 5) is 0. The number of hydrogen-bond donors (Lipinski definition) is 1. The van der Waals surface area contributed by atoms with Crippen molar-refractivity contribution < 1.29 is 9.13 Å². The number of nitrogens with two attached hydrogens (primary N) is 1. The van der Waals surface area contributed by atoms with Crippen molar-refractivity contribution in [3.63, 3.8) is 0 Å². The first-order valence-corrected chi connectivity index (χ1v) is 7.69. The maximum Gasteiger partial charge on any atom is 0.124 e. The lowest BCUT2D eigenvalue weighted by Gasteiger charge is -2.33. The minimum atomic E-state index is -0.209. The highest BCUT2D eigenvalue weighted by molar-refractivity contribution is 9.10. The van der Waals surface area contributed by atoms with E-state index in [0.717, 1.165) is 29.5 Å². The summed E-state index contributed by atoms with van der Waals surface area (Å²) < 4.78 is 20.0. The zero-order valence-corrected chi connectivity index (χ0v) is 12.5. The van der Waals surface area contributed by atoms with Gasteiger partial charge in [0.2, 0.25) is 0 Å². The molecule has 1 aromatic carbocycles. The molecule has 1 aliphatic heterocycles. The van der Waals surface area contributed by atoms with Gasteiger partial charge >= 0.3 is 0 Å². The third-order valence-electron chi connectivity index (χ3n) is 4.52. The molecule has 4 heteroatoms. The minimum Gasteiger partial charge on any atom is -0.377 e. The van der Waals surface area contributed by atoms with Crippen LogP contribution in [0.4, 0.5) is 4.39 Å². The van der Waals surface area contributed by atoms with Gasteiger partial charge in [0, 0.05) is 23.0 Å². The summed E-state index contributed by atoms with van der Waals surface area (Å²) in [6.45, 7) is 1.44. The van der Waals surface area contributed by atoms with Gasteiger partial charge in [-0.1, -0.05) is 22.0 Å². The Balaban J connectivity index is 1.85. The summed E-state index contributed by atoms with van der Waals surface area (Å²) in [7, 11) is 0. The Morgan fingerprint density at radius 1 is 1.42 bits per heavy atom. The molecule has 1 saturated heterocycles. The van der Waals surface area contributed by atoms with Gasteiger partial charge in [-0.3, -0.25) is 0 Å². The molecule has 104 valence electrons. The van der Waals surface area contributed by atoms with Crippen LogP contribution in [0.15, 0.2) is 22.7 Å². The molecular formula is C15H19BrFNO. The Hall–Kier alpha value is -0.450. The molecule has 1 aliphatic carbocycles. The molecule has 1 saturated carbocycles. The zero-order valence-electron chi connectivity index (χ0n) is 10.9. The van der Waals surface area contributed by atoms with E-state index < -0.39 is 0 Å². The Morgan fingerprint density at radius 3 is 2.84 bits per heavy atom. The van der Waals surface area contributed by atoms with E-state index in [9.17, 15) is 4.39 Å². The second kappa shape index (κ2) is 5.15. The third kappa shape index (κ3) is 2.58. The van der Waals surface area contributed by atoms with Crippen LogP contribution in [-0.2, 0) is 11.2 Å². The number of ether oxygens (including phenoxy) is 1. The quantitative estimate of drug-likeness (QED) is 0.921. The maximum absolute atomic E-state index is 13.2. The van der Waals surface area contributed by atoms with Crippen molar-refractivity contribution in [3.8, 4) is 0 Å². The molecule has 0 amide bonds. The van der Waals surface area contributed by atoms with Crippen LogP contribution in [-0.4, -0.2) is 19.3 Å². The van der Waals surface area contributed by atoms with Gasteiger partial charge in [0.1, 0.15) is 5.82 Å². The Morgan fingerprint density at radius 2 is 2.21 bits per heavy atom. The molecular weight excluding hydrogens is 309 g/mol. The van der Waals surface area contributed by atoms with E-state index >= 15 is 0 Å².